The van der Waals surface area contributed by atoms with Gasteiger partial charge in [0, 0.05) is 36.5 Å². The lowest BCUT2D eigenvalue weighted by molar-refractivity contribution is 0.102. The second-order valence-corrected chi connectivity index (χ2v) is 6.81. The van der Waals surface area contributed by atoms with E-state index < -0.39 is 5.91 Å². The molecule has 0 aliphatic heterocycles. The molecule has 0 radical (unpaired) electrons. The van der Waals surface area contributed by atoms with Crippen molar-refractivity contribution < 1.29 is 9.90 Å². The molecule has 0 atom stereocenters. The van der Waals surface area contributed by atoms with Gasteiger partial charge in [-0.2, -0.15) is 0 Å². The minimum absolute atomic E-state index is 0.0819. The van der Waals surface area contributed by atoms with Crippen LogP contribution in [0.4, 0.5) is 5.69 Å². The number of rotatable bonds is 3. The van der Waals surface area contributed by atoms with Crippen molar-refractivity contribution in [3.63, 3.8) is 0 Å². The highest BCUT2D eigenvalue weighted by Crippen LogP contribution is 2.30. The Morgan fingerprint density at radius 2 is 1.85 bits per heavy atom. The Hall–Kier alpha value is -3.06. The molecule has 0 spiro atoms. The van der Waals surface area contributed by atoms with E-state index in [2.05, 4.69) is 15.3 Å². The molecule has 27 heavy (non-hydrogen) atoms. The quantitative estimate of drug-likeness (QED) is 0.744. The van der Waals surface area contributed by atoms with Gasteiger partial charge in [-0.05, 0) is 49.9 Å². The summed E-state index contributed by atoms with van der Waals surface area (Å²) in [4.78, 5) is 33.9. The van der Waals surface area contributed by atoms with Crippen LogP contribution >= 0.6 is 0 Å². The Morgan fingerprint density at radius 1 is 1.11 bits per heavy atom. The van der Waals surface area contributed by atoms with Crippen LogP contribution in [-0.2, 0) is 0 Å². The van der Waals surface area contributed by atoms with Crippen LogP contribution in [0.3, 0.4) is 0 Å². The fourth-order valence-corrected chi connectivity index (χ4v) is 3.59. The summed E-state index contributed by atoms with van der Waals surface area (Å²) in [6.07, 6.45) is 9.07. The number of fused-ring (bicyclic) bond motifs is 1. The molecule has 3 aromatic rings. The van der Waals surface area contributed by atoms with Crippen molar-refractivity contribution in [2.75, 3.05) is 5.32 Å². The lowest BCUT2D eigenvalue weighted by atomic mass is 9.92. The van der Waals surface area contributed by atoms with E-state index in [1.54, 1.807) is 49.1 Å². The normalized spacial score (nSPS) is 19.7. The van der Waals surface area contributed by atoms with Crippen molar-refractivity contribution in [3.05, 3.63) is 64.8 Å². The second kappa shape index (κ2) is 7.28. The van der Waals surface area contributed by atoms with Crippen LogP contribution in [0.1, 0.15) is 42.1 Å². The van der Waals surface area contributed by atoms with Gasteiger partial charge in [-0.25, -0.2) is 4.98 Å². The first-order valence-corrected chi connectivity index (χ1v) is 9.03. The summed E-state index contributed by atoms with van der Waals surface area (Å²) in [5.74, 6) is -0.457. The zero-order valence-electron chi connectivity index (χ0n) is 14.7. The molecule has 4 rings (SSSR count). The molecule has 0 unspecified atom stereocenters. The van der Waals surface area contributed by atoms with E-state index in [1.165, 1.54) is 0 Å². The molecule has 3 heterocycles. The van der Waals surface area contributed by atoms with E-state index in [0.29, 0.717) is 29.6 Å². The highest BCUT2D eigenvalue weighted by molar-refractivity contribution is 6.05. The molecule has 7 nitrogen and oxygen atoms in total. The van der Waals surface area contributed by atoms with Gasteiger partial charge in [0.2, 0.25) is 5.43 Å². The predicted octanol–water partition coefficient (Wildman–Crippen LogP) is 2.52. The molecule has 7 heteroatoms. The summed E-state index contributed by atoms with van der Waals surface area (Å²) >= 11 is 0. The number of anilines is 1. The Bertz CT molecular complexity index is 1020. The first-order valence-electron chi connectivity index (χ1n) is 9.03. The van der Waals surface area contributed by atoms with Crippen LogP contribution in [0.5, 0.6) is 0 Å². The third kappa shape index (κ3) is 3.46. The van der Waals surface area contributed by atoms with Crippen molar-refractivity contribution in [3.8, 4) is 0 Å². The van der Waals surface area contributed by atoms with E-state index in [1.807, 2.05) is 4.57 Å². The molecular formula is C20H20N4O3. The van der Waals surface area contributed by atoms with Crippen LogP contribution in [0, 0.1) is 0 Å². The summed E-state index contributed by atoms with van der Waals surface area (Å²) in [6, 6.07) is 6.83. The minimum Gasteiger partial charge on any atom is -0.393 e. The van der Waals surface area contributed by atoms with Crippen LogP contribution < -0.4 is 10.7 Å². The number of aliphatic hydroxyl groups excluding tert-OH is 1. The van der Waals surface area contributed by atoms with Crippen molar-refractivity contribution in [1.82, 2.24) is 14.5 Å². The smallest absolute Gasteiger partial charge is 0.261 e. The molecule has 2 N–H and O–H groups in total. The zero-order valence-corrected chi connectivity index (χ0v) is 14.7. The van der Waals surface area contributed by atoms with Crippen LogP contribution in [0.2, 0.25) is 0 Å². The van der Waals surface area contributed by atoms with E-state index in [4.69, 9.17) is 0 Å². The largest absolute Gasteiger partial charge is 0.393 e. The third-order valence-corrected chi connectivity index (χ3v) is 5.03. The molecule has 0 bridgehead atoms. The summed E-state index contributed by atoms with van der Waals surface area (Å²) in [5.41, 5.74) is 0.896. The van der Waals surface area contributed by atoms with Crippen LogP contribution in [0.15, 0.2) is 53.8 Å². The number of hydrogen-bond donors (Lipinski definition) is 2. The van der Waals surface area contributed by atoms with Gasteiger partial charge < -0.3 is 15.0 Å². The minimum atomic E-state index is -0.457. The predicted molar refractivity (Wildman–Crippen MR) is 102 cm³/mol. The van der Waals surface area contributed by atoms with Crippen LogP contribution in [0.25, 0.3) is 11.0 Å². The molecule has 1 aliphatic carbocycles. The molecule has 0 aromatic carbocycles. The Labute approximate surface area is 155 Å². The highest BCUT2D eigenvalue weighted by Gasteiger charge is 2.24. The summed E-state index contributed by atoms with van der Waals surface area (Å²) in [6.45, 7) is 0. The van der Waals surface area contributed by atoms with Crippen LogP contribution in [-0.4, -0.2) is 31.7 Å². The van der Waals surface area contributed by atoms with Gasteiger partial charge in [0.15, 0.2) is 0 Å². The number of nitrogens with one attached hydrogen (secondary N) is 1. The number of carbonyl (C=O) groups excluding carboxylic acids is 1. The van der Waals surface area contributed by atoms with E-state index in [0.717, 1.165) is 12.8 Å². The van der Waals surface area contributed by atoms with E-state index in [9.17, 15) is 14.7 Å². The highest BCUT2D eigenvalue weighted by atomic mass is 16.3. The number of aliphatic hydroxyl groups is 1. The molecule has 0 saturated heterocycles. The molecule has 1 amide bonds. The molecule has 138 valence electrons. The van der Waals surface area contributed by atoms with Gasteiger partial charge in [-0.15, -0.1) is 0 Å². The average Bonchev–Trinajstić information content (AvgIpc) is 2.70. The average molecular weight is 364 g/mol. The summed E-state index contributed by atoms with van der Waals surface area (Å²) in [7, 11) is 0. The fraction of sp³-hybridized carbons (Fsp3) is 0.300. The fourth-order valence-electron chi connectivity index (χ4n) is 3.59. The molecule has 1 fully saturated rings. The second-order valence-electron chi connectivity index (χ2n) is 6.81. The number of amides is 1. The van der Waals surface area contributed by atoms with Gasteiger partial charge in [-0.1, -0.05) is 0 Å². The molecule has 3 aromatic heterocycles. The Balaban J connectivity index is 1.78. The number of aromatic nitrogens is 3. The molecule has 1 aliphatic rings. The van der Waals surface area contributed by atoms with Crippen molar-refractivity contribution >= 4 is 22.6 Å². The van der Waals surface area contributed by atoms with E-state index in [-0.39, 0.29) is 23.1 Å². The zero-order chi connectivity index (χ0) is 18.8. The van der Waals surface area contributed by atoms with Crippen molar-refractivity contribution in [2.24, 2.45) is 0 Å². The van der Waals surface area contributed by atoms with Crippen molar-refractivity contribution in [1.29, 1.82) is 0 Å². The Kier molecular flexibility index (Phi) is 4.68. The molecular weight excluding hydrogens is 344 g/mol. The summed E-state index contributed by atoms with van der Waals surface area (Å²) < 4.78 is 1.92. The maximum atomic E-state index is 12.9. The standard InChI is InChI=1S/C20H20N4O3/c25-15-5-3-14(4-6-15)24-12-17(18(26)16-2-1-9-22-19(16)24)20(27)23-13-7-10-21-11-8-13/h1-2,7-12,14-15,25H,3-6H2,(H,21,23,27)/t14-,15-. The number of carbonyl (C=O) groups is 1. The first kappa shape index (κ1) is 17.4. The lowest BCUT2D eigenvalue weighted by Crippen LogP contribution is -2.27. The maximum absolute atomic E-state index is 12.9. The SMILES string of the molecule is O=C(Nc1ccncc1)c1cn([C@H]2CC[C@H](O)CC2)c2ncccc2c1=O. The topological polar surface area (TPSA) is 97.1 Å². The van der Waals surface area contributed by atoms with Crippen molar-refractivity contribution in [2.45, 2.75) is 37.8 Å². The van der Waals surface area contributed by atoms with Gasteiger partial charge in [0.1, 0.15) is 11.2 Å². The maximum Gasteiger partial charge on any atom is 0.261 e. The number of nitrogens with zero attached hydrogens (tertiary/aromatic N) is 3. The third-order valence-electron chi connectivity index (χ3n) is 5.03. The van der Waals surface area contributed by atoms with E-state index >= 15 is 0 Å². The molecule has 1 saturated carbocycles. The van der Waals surface area contributed by atoms with Gasteiger partial charge in [-0.3, -0.25) is 14.6 Å². The van der Waals surface area contributed by atoms with Gasteiger partial charge in [0.25, 0.3) is 5.91 Å². The Morgan fingerprint density at radius 3 is 2.59 bits per heavy atom. The monoisotopic (exact) mass is 364 g/mol. The van der Waals surface area contributed by atoms with Gasteiger partial charge in [0.05, 0.1) is 11.5 Å². The summed E-state index contributed by atoms with van der Waals surface area (Å²) in [5, 5.41) is 13.0. The lowest BCUT2D eigenvalue weighted by Gasteiger charge is -2.28. The first-order chi connectivity index (χ1) is 13.1. The number of hydrogen-bond acceptors (Lipinski definition) is 5. The number of pyridine rings is 3. The van der Waals surface area contributed by atoms with Gasteiger partial charge >= 0.3 is 0 Å².